The van der Waals surface area contributed by atoms with E-state index in [4.69, 9.17) is 14.6 Å². The van der Waals surface area contributed by atoms with Crippen molar-refractivity contribution >= 4 is 23.2 Å². The number of hydrogen-bond donors (Lipinski definition) is 2. The molecule has 7 nitrogen and oxygen atoms in total. The third-order valence-electron chi connectivity index (χ3n) is 4.55. The Hall–Kier alpha value is -2.61. The van der Waals surface area contributed by atoms with Crippen molar-refractivity contribution in [1.29, 1.82) is 0 Å². The zero-order valence-electron chi connectivity index (χ0n) is 14.7. The van der Waals surface area contributed by atoms with Crippen molar-refractivity contribution in [2.24, 2.45) is 5.92 Å². The summed E-state index contributed by atoms with van der Waals surface area (Å²) in [6.07, 6.45) is -0.157. The van der Waals surface area contributed by atoms with Crippen LogP contribution in [0.3, 0.4) is 0 Å². The highest BCUT2D eigenvalue weighted by molar-refractivity contribution is 7.13. The molecule has 26 heavy (non-hydrogen) atoms. The number of carboxylic acid groups (broad SMARTS) is 1. The lowest BCUT2D eigenvalue weighted by Crippen LogP contribution is -2.51. The van der Waals surface area contributed by atoms with Crippen LogP contribution in [-0.2, 0) is 4.79 Å². The Morgan fingerprint density at radius 3 is 2.77 bits per heavy atom. The minimum absolute atomic E-state index is 0.0467. The number of nitrogens with one attached hydrogen (secondary N) is 1. The average molecular weight is 376 g/mol. The van der Waals surface area contributed by atoms with Gasteiger partial charge in [-0.05, 0) is 31.0 Å². The summed E-state index contributed by atoms with van der Waals surface area (Å²) in [7, 11) is 0. The monoisotopic (exact) mass is 376 g/mol. The molecule has 1 amide bonds. The van der Waals surface area contributed by atoms with E-state index in [0.717, 1.165) is 5.56 Å². The number of fused-ring (bicyclic) bond motifs is 1. The van der Waals surface area contributed by atoms with Gasteiger partial charge in [0, 0.05) is 10.9 Å². The van der Waals surface area contributed by atoms with Crippen LogP contribution in [0.2, 0.25) is 0 Å². The Kier molecular flexibility index (Phi) is 4.86. The largest absolute Gasteiger partial charge is 0.481 e. The van der Waals surface area contributed by atoms with Crippen molar-refractivity contribution < 1.29 is 24.2 Å². The molecular weight excluding hydrogens is 356 g/mol. The summed E-state index contributed by atoms with van der Waals surface area (Å²) in [5, 5.41) is 14.3. The van der Waals surface area contributed by atoms with Crippen molar-refractivity contribution in [3.05, 3.63) is 29.3 Å². The molecule has 0 spiro atoms. The molecule has 1 unspecified atom stereocenters. The molecule has 2 N–H and O–H groups in total. The number of benzene rings is 1. The second-order valence-corrected chi connectivity index (χ2v) is 7.56. The first-order chi connectivity index (χ1) is 12.3. The molecule has 0 fully saturated rings. The Bertz CT molecular complexity index is 848. The first-order valence-corrected chi connectivity index (χ1v) is 9.06. The number of ether oxygens (including phenoxy) is 2. The molecule has 1 aliphatic rings. The fourth-order valence-electron chi connectivity index (χ4n) is 2.57. The number of aromatic nitrogens is 1. The van der Waals surface area contributed by atoms with Crippen LogP contribution in [0.1, 0.15) is 37.7 Å². The molecule has 2 heterocycles. The van der Waals surface area contributed by atoms with E-state index >= 15 is 0 Å². The summed E-state index contributed by atoms with van der Waals surface area (Å²) >= 11 is 1.34. The van der Waals surface area contributed by atoms with Crippen LogP contribution in [0.4, 0.5) is 0 Å². The van der Waals surface area contributed by atoms with Crippen molar-refractivity contribution in [2.75, 3.05) is 6.79 Å². The predicted molar refractivity (Wildman–Crippen MR) is 96.6 cm³/mol. The molecule has 138 valence electrons. The molecule has 0 saturated carbocycles. The fourth-order valence-corrected chi connectivity index (χ4v) is 3.37. The molecule has 3 rings (SSSR count). The molecule has 1 aromatic carbocycles. The fraction of sp³-hybridized carbons (Fsp3) is 0.389. The summed E-state index contributed by atoms with van der Waals surface area (Å²) in [5.74, 6) is -0.0526. The predicted octanol–water partition coefficient (Wildman–Crippen LogP) is 3.16. The number of aliphatic carboxylic acids is 1. The number of nitrogens with zero attached hydrogens (tertiary/aromatic N) is 1. The van der Waals surface area contributed by atoms with Crippen LogP contribution < -0.4 is 14.8 Å². The number of amides is 1. The summed E-state index contributed by atoms with van der Waals surface area (Å²) in [6.45, 7) is 5.68. The van der Waals surface area contributed by atoms with E-state index in [-0.39, 0.29) is 30.7 Å². The van der Waals surface area contributed by atoms with E-state index in [0.29, 0.717) is 16.5 Å². The SMILES string of the molecule is CC(C)C(C)(CC(=O)O)NC(=O)c1csc(-c2ccc3c(c2)OCO3)n1. The van der Waals surface area contributed by atoms with Gasteiger partial charge in [0.2, 0.25) is 6.79 Å². The first kappa shape index (κ1) is 18.2. The lowest BCUT2D eigenvalue weighted by Gasteiger charge is -2.33. The zero-order chi connectivity index (χ0) is 18.9. The normalized spacial score (nSPS) is 14.9. The number of carboxylic acids is 1. The Labute approximate surface area is 155 Å². The van der Waals surface area contributed by atoms with Gasteiger partial charge in [0.05, 0.1) is 12.0 Å². The molecule has 1 aromatic heterocycles. The molecule has 0 bridgehead atoms. The minimum Gasteiger partial charge on any atom is -0.481 e. The van der Waals surface area contributed by atoms with Crippen LogP contribution >= 0.6 is 11.3 Å². The van der Waals surface area contributed by atoms with Gasteiger partial charge < -0.3 is 19.9 Å². The molecule has 0 saturated heterocycles. The number of thiazole rings is 1. The highest BCUT2D eigenvalue weighted by Crippen LogP contribution is 2.36. The van der Waals surface area contributed by atoms with E-state index in [1.165, 1.54) is 11.3 Å². The highest BCUT2D eigenvalue weighted by Gasteiger charge is 2.33. The maximum atomic E-state index is 12.6. The second-order valence-electron chi connectivity index (χ2n) is 6.70. The van der Waals surface area contributed by atoms with Crippen LogP contribution in [-0.4, -0.2) is 34.3 Å². The minimum atomic E-state index is -0.958. The zero-order valence-corrected chi connectivity index (χ0v) is 15.6. The third kappa shape index (κ3) is 3.65. The van der Waals surface area contributed by atoms with Gasteiger partial charge in [0.1, 0.15) is 10.7 Å². The second kappa shape index (κ2) is 6.95. The van der Waals surface area contributed by atoms with Crippen LogP contribution in [0, 0.1) is 5.92 Å². The molecule has 1 aliphatic heterocycles. The van der Waals surface area contributed by atoms with Gasteiger partial charge in [0.15, 0.2) is 11.5 Å². The number of hydrogen-bond acceptors (Lipinski definition) is 6. The topological polar surface area (TPSA) is 97.8 Å². The van der Waals surface area contributed by atoms with Gasteiger partial charge in [-0.25, -0.2) is 4.98 Å². The number of carbonyl (C=O) groups excluding carboxylic acids is 1. The van der Waals surface area contributed by atoms with Gasteiger partial charge in [0.25, 0.3) is 5.91 Å². The van der Waals surface area contributed by atoms with Crippen LogP contribution in [0.25, 0.3) is 10.6 Å². The maximum Gasteiger partial charge on any atom is 0.305 e. The smallest absolute Gasteiger partial charge is 0.305 e. The van der Waals surface area contributed by atoms with E-state index in [1.807, 2.05) is 32.0 Å². The van der Waals surface area contributed by atoms with Gasteiger partial charge in [-0.2, -0.15) is 0 Å². The van der Waals surface area contributed by atoms with Crippen molar-refractivity contribution in [2.45, 2.75) is 32.7 Å². The number of carbonyl (C=O) groups is 2. The molecule has 0 aliphatic carbocycles. The molecule has 2 aromatic rings. The molecule has 8 heteroatoms. The maximum absolute atomic E-state index is 12.6. The van der Waals surface area contributed by atoms with Crippen LogP contribution in [0.15, 0.2) is 23.6 Å². The van der Waals surface area contributed by atoms with Gasteiger partial charge >= 0.3 is 5.97 Å². The third-order valence-corrected chi connectivity index (χ3v) is 5.44. The quantitative estimate of drug-likeness (QED) is 0.804. The highest BCUT2D eigenvalue weighted by atomic mass is 32.1. The Morgan fingerprint density at radius 2 is 2.08 bits per heavy atom. The Balaban J connectivity index is 1.78. The first-order valence-electron chi connectivity index (χ1n) is 8.18. The van der Waals surface area contributed by atoms with Crippen molar-refractivity contribution in [1.82, 2.24) is 10.3 Å². The van der Waals surface area contributed by atoms with E-state index in [2.05, 4.69) is 10.3 Å². The van der Waals surface area contributed by atoms with Crippen molar-refractivity contribution in [3.8, 4) is 22.1 Å². The lowest BCUT2D eigenvalue weighted by atomic mass is 9.85. The van der Waals surface area contributed by atoms with E-state index in [9.17, 15) is 9.59 Å². The van der Waals surface area contributed by atoms with Gasteiger partial charge in [-0.1, -0.05) is 13.8 Å². The van der Waals surface area contributed by atoms with Gasteiger partial charge in [-0.15, -0.1) is 11.3 Å². The average Bonchev–Trinajstić information content (AvgIpc) is 3.22. The summed E-state index contributed by atoms with van der Waals surface area (Å²) in [5.41, 5.74) is 0.237. The molecule has 1 atom stereocenters. The van der Waals surface area contributed by atoms with Crippen LogP contribution in [0.5, 0.6) is 11.5 Å². The van der Waals surface area contributed by atoms with Gasteiger partial charge in [-0.3, -0.25) is 9.59 Å². The van der Waals surface area contributed by atoms with E-state index in [1.54, 1.807) is 12.3 Å². The number of rotatable bonds is 6. The lowest BCUT2D eigenvalue weighted by molar-refractivity contribution is -0.138. The van der Waals surface area contributed by atoms with E-state index < -0.39 is 11.5 Å². The summed E-state index contributed by atoms with van der Waals surface area (Å²) < 4.78 is 10.7. The molecular formula is C18H20N2O5S. The standard InChI is InChI=1S/C18H20N2O5S/c1-10(2)18(3,7-15(21)22)20-16(23)12-8-26-17(19-12)11-4-5-13-14(6-11)25-9-24-13/h4-6,8,10H,7,9H2,1-3H3,(H,20,23)(H,21,22). The summed E-state index contributed by atoms with van der Waals surface area (Å²) in [6, 6.07) is 5.49. The molecule has 0 radical (unpaired) electrons. The summed E-state index contributed by atoms with van der Waals surface area (Å²) in [4.78, 5) is 28.1. The van der Waals surface area contributed by atoms with Crippen molar-refractivity contribution in [3.63, 3.8) is 0 Å². The Morgan fingerprint density at radius 1 is 1.35 bits per heavy atom.